The number of fused-ring (bicyclic) bond motifs is 1. The van der Waals surface area contributed by atoms with Gasteiger partial charge in [-0.1, -0.05) is 137 Å². The van der Waals surface area contributed by atoms with Crippen molar-refractivity contribution in [1.29, 1.82) is 0 Å². The van der Waals surface area contributed by atoms with E-state index in [9.17, 15) is 0 Å². The monoisotopic (exact) mass is 558 g/mol. The molecule has 0 amide bonds. The van der Waals surface area contributed by atoms with E-state index < -0.39 is 0 Å². The highest BCUT2D eigenvalue weighted by atomic mass is 15.4. The highest BCUT2D eigenvalue weighted by molar-refractivity contribution is 5.99. The fourth-order valence-corrected chi connectivity index (χ4v) is 4.65. The summed E-state index contributed by atoms with van der Waals surface area (Å²) in [5.41, 5.74) is 10.9. The number of nitrogens with zero attached hydrogens (tertiary/aromatic N) is 4. The van der Waals surface area contributed by atoms with Gasteiger partial charge in [-0.2, -0.15) is 10.2 Å². The van der Waals surface area contributed by atoms with Crippen LogP contribution in [0.25, 0.3) is 22.9 Å². The number of hydrogen-bond acceptors (Lipinski definition) is 6. The lowest BCUT2D eigenvalue weighted by atomic mass is 10.1. The average molecular weight is 559 g/mol. The summed E-state index contributed by atoms with van der Waals surface area (Å²) in [5, 5.41) is 19.8. The predicted molar refractivity (Wildman–Crippen MR) is 181 cm³/mol. The smallest absolute Gasteiger partial charge is 0.176 e. The Morgan fingerprint density at radius 2 is 0.976 bits per heavy atom. The normalized spacial score (nSPS) is 12.4. The lowest BCUT2D eigenvalue weighted by Gasteiger charge is -2.09. The van der Waals surface area contributed by atoms with Crippen molar-refractivity contribution in [2.75, 3.05) is 10.9 Å². The Hall–Kier alpha value is -4.58. The van der Waals surface area contributed by atoms with Crippen LogP contribution >= 0.6 is 0 Å². The first-order valence-corrected chi connectivity index (χ1v) is 15.1. The first kappa shape index (κ1) is 30.4. The summed E-state index contributed by atoms with van der Waals surface area (Å²) < 4.78 is 0. The highest BCUT2D eigenvalue weighted by Gasteiger charge is 2.08. The van der Waals surface area contributed by atoms with Crippen molar-refractivity contribution in [3.63, 3.8) is 0 Å². The maximum atomic E-state index is 4.55. The van der Waals surface area contributed by atoms with E-state index in [0.29, 0.717) is 11.6 Å². The second-order valence-electron chi connectivity index (χ2n) is 10.4. The first-order chi connectivity index (χ1) is 20.8. The minimum absolute atomic E-state index is 0.605. The van der Waals surface area contributed by atoms with Crippen LogP contribution in [0.4, 0.5) is 11.6 Å². The van der Waals surface area contributed by atoms with Gasteiger partial charge in [0.05, 0.1) is 12.4 Å². The van der Waals surface area contributed by atoms with Crippen LogP contribution in [0.15, 0.2) is 106 Å². The highest BCUT2D eigenvalue weighted by Crippen LogP contribution is 2.26. The Bertz CT molecular complexity index is 1380. The second kappa shape index (κ2) is 17.3. The molecule has 6 heteroatoms. The number of nitrogens with one attached hydrogen (secondary N) is 2. The van der Waals surface area contributed by atoms with E-state index in [1.165, 1.54) is 48.0 Å². The van der Waals surface area contributed by atoms with E-state index in [2.05, 4.69) is 106 Å². The number of allylic oxidation sites excluding steroid dienone is 2. The van der Waals surface area contributed by atoms with Gasteiger partial charge in [-0.3, -0.25) is 10.9 Å². The molecule has 0 radical (unpaired) electrons. The average Bonchev–Trinajstić information content (AvgIpc) is 3.03. The summed E-state index contributed by atoms with van der Waals surface area (Å²) in [4.78, 5) is 0. The standard InChI is InChI=1S/C36H42N6/c1-3-5-9-21-31(25-29-17-11-7-12-18-29)27-37-39-35-33-23-15-16-24-34(33)36(42-41-35)40-38-28-32(22-10-6-4-2)26-30-19-13-8-14-20-30/h7-8,11-20,23-28H,3-6,9-10,21-22H2,1-2H3,(H,39,41)(H,40,42). The van der Waals surface area contributed by atoms with Gasteiger partial charge in [0, 0.05) is 10.8 Å². The number of hydrazone groups is 2. The summed E-state index contributed by atoms with van der Waals surface area (Å²) in [5.74, 6) is 1.21. The molecule has 0 saturated carbocycles. The molecule has 4 rings (SSSR count). The third kappa shape index (κ3) is 9.81. The van der Waals surface area contributed by atoms with Gasteiger partial charge < -0.3 is 0 Å². The maximum absolute atomic E-state index is 4.55. The van der Waals surface area contributed by atoms with E-state index in [1.54, 1.807) is 0 Å². The molecule has 1 heterocycles. The van der Waals surface area contributed by atoms with Gasteiger partial charge in [0.15, 0.2) is 11.6 Å². The van der Waals surface area contributed by atoms with Crippen molar-refractivity contribution in [3.8, 4) is 0 Å². The third-order valence-electron chi connectivity index (χ3n) is 6.93. The molecule has 3 aromatic carbocycles. The van der Waals surface area contributed by atoms with Crippen molar-refractivity contribution in [2.45, 2.75) is 65.2 Å². The molecule has 2 N–H and O–H groups in total. The van der Waals surface area contributed by atoms with Gasteiger partial charge in [-0.15, -0.1) is 10.2 Å². The van der Waals surface area contributed by atoms with Crippen molar-refractivity contribution < 1.29 is 0 Å². The largest absolute Gasteiger partial charge is 0.259 e. The zero-order chi connectivity index (χ0) is 29.2. The number of benzene rings is 3. The van der Waals surface area contributed by atoms with E-state index in [4.69, 9.17) is 0 Å². The van der Waals surface area contributed by atoms with Crippen LogP contribution in [0.5, 0.6) is 0 Å². The van der Waals surface area contributed by atoms with Gasteiger partial charge >= 0.3 is 0 Å². The van der Waals surface area contributed by atoms with Gasteiger partial charge in [0.25, 0.3) is 0 Å². The number of rotatable bonds is 16. The van der Waals surface area contributed by atoms with Crippen molar-refractivity contribution >= 4 is 47.0 Å². The number of hydrogen-bond donors (Lipinski definition) is 2. The fourth-order valence-electron chi connectivity index (χ4n) is 4.65. The summed E-state index contributed by atoms with van der Waals surface area (Å²) in [6.07, 6.45) is 17.1. The molecule has 6 nitrogen and oxygen atoms in total. The topological polar surface area (TPSA) is 74.6 Å². The van der Waals surface area contributed by atoms with Crippen LogP contribution in [0.1, 0.15) is 76.3 Å². The van der Waals surface area contributed by atoms with Crippen LogP contribution in [-0.4, -0.2) is 22.6 Å². The van der Waals surface area contributed by atoms with Gasteiger partial charge in [0.2, 0.25) is 0 Å². The minimum atomic E-state index is 0.605. The number of anilines is 2. The molecule has 0 atom stereocenters. The van der Waals surface area contributed by atoms with Gasteiger partial charge in [-0.05, 0) is 48.0 Å². The Balaban J connectivity index is 1.49. The van der Waals surface area contributed by atoms with Gasteiger partial charge in [0.1, 0.15) is 0 Å². The van der Waals surface area contributed by atoms with Gasteiger partial charge in [-0.25, -0.2) is 0 Å². The van der Waals surface area contributed by atoms with E-state index in [0.717, 1.165) is 36.5 Å². The van der Waals surface area contributed by atoms with Crippen LogP contribution in [0, 0.1) is 0 Å². The lowest BCUT2D eigenvalue weighted by Crippen LogP contribution is -2.02. The summed E-state index contributed by atoms with van der Waals surface area (Å²) >= 11 is 0. The summed E-state index contributed by atoms with van der Waals surface area (Å²) in [7, 11) is 0. The Labute approximate surface area is 250 Å². The van der Waals surface area contributed by atoms with Crippen LogP contribution in [0.2, 0.25) is 0 Å². The van der Waals surface area contributed by atoms with Crippen LogP contribution < -0.4 is 10.9 Å². The molecule has 4 aromatic rings. The zero-order valence-electron chi connectivity index (χ0n) is 24.8. The van der Waals surface area contributed by atoms with E-state index in [1.807, 2.05) is 48.8 Å². The SMILES string of the molecule is CCCCCC(C=NNc1nnc(NN=CC(=Cc2ccccc2)CCCCC)c2ccccc12)=Cc1ccccc1. The fraction of sp³-hybridized carbons (Fsp3) is 0.278. The Kier molecular flexibility index (Phi) is 12.5. The van der Waals surface area contributed by atoms with Crippen molar-refractivity contribution in [1.82, 2.24) is 10.2 Å². The molecule has 0 aliphatic heterocycles. The number of unbranched alkanes of at least 4 members (excludes halogenated alkanes) is 4. The predicted octanol–water partition coefficient (Wildman–Crippen LogP) is 9.75. The molecule has 0 aliphatic rings. The van der Waals surface area contributed by atoms with Crippen LogP contribution in [0.3, 0.4) is 0 Å². The molecular weight excluding hydrogens is 516 g/mol. The molecule has 0 aliphatic carbocycles. The van der Waals surface area contributed by atoms with E-state index in [-0.39, 0.29) is 0 Å². The van der Waals surface area contributed by atoms with E-state index >= 15 is 0 Å². The van der Waals surface area contributed by atoms with Crippen molar-refractivity contribution in [2.24, 2.45) is 10.2 Å². The molecule has 0 saturated heterocycles. The third-order valence-corrected chi connectivity index (χ3v) is 6.93. The van der Waals surface area contributed by atoms with Crippen LogP contribution in [-0.2, 0) is 0 Å². The Morgan fingerprint density at radius 3 is 1.38 bits per heavy atom. The lowest BCUT2D eigenvalue weighted by molar-refractivity contribution is 0.724. The molecule has 216 valence electrons. The molecular formula is C36H42N6. The summed E-state index contributed by atoms with van der Waals surface area (Å²) in [6.45, 7) is 4.44. The molecule has 0 bridgehead atoms. The quantitative estimate of drug-likeness (QED) is 0.0815. The van der Waals surface area contributed by atoms with Crippen molar-refractivity contribution in [3.05, 3.63) is 107 Å². The molecule has 42 heavy (non-hydrogen) atoms. The Morgan fingerprint density at radius 1 is 0.571 bits per heavy atom. The maximum Gasteiger partial charge on any atom is 0.176 e. The zero-order valence-corrected chi connectivity index (χ0v) is 24.8. The second-order valence-corrected chi connectivity index (χ2v) is 10.4. The molecule has 0 unspecified atom stereocenters. The molecule has 0 fully saturated rings. The molecule has 1 aromatic heterocycles. The molecule has 0 spiro atoms. The number of aromatic nitrogens is 2. The summed E-state index contributed by atoms with van der Waals surface area (Å²) in [6, 6.07) is 28.7. The first-order valence-electron chi connectivity index (χ1n) is 15.1. The minimum Gasteiger partial charge on any atom is -0.259 e.